The summed E-state index contributed by atoms with van der Waals surface area (Å²) in [5.74, 6) is -0.0292. The van der Waals surface area contributed by atoms with E-state index in [-0.39, 0.29) is 11.2 Å². The van der Waals surface area contributed by atoms with Crippen LogP contribution in [-0.4, -0.2) is 34.5 Å². The van der Waals surface area contributed by atoms with E-state index >= 15 is 0 Å². The van der Waals surface area contributed by atoms with Crippen molar-refractivity contribution in [1.29, 1.82) is 0 Å². The predicted octanol–water partition coefficient (Wildman–Crippen LogP) is 3.16. The van der Waals surface area contributed by atoms with Gasteiger partial charge in [-0.05, 0) is 31.0 Å². The molecule has 1 amide bonds. The van der Waals surface area contributed by atoms with Crippen LogP contribution in [0.25, 0.3) is 0 Å². The second kappa shape index (κ2) is 7.50. The third kappa shape index (κ3) is 5.20. The number of thiocarbonyl (C=S) groups is 1. The molecular formula is C14H20N2OS2. The highest BCUT2D eigenvalue weighted by Gasteiger charge is 2.16. The second-order valence-electron chi connectivity index (χ2n) is 4.46. The Balaban J connectivity index is 2.55. The quantitative estimate of drug-likeness (QED) is 0.865. The Kier molecular flexibility index (Phi) is 6.31. The number of rotatable bonds is 4. The molecule has 5 heteroatoms. The van der Waals surface area contributed by atoms with Crippen molar-refractivity contribution >= 4 is 39.9 Å². The minimum atomic E-state index is -0.208. The molecule has 0 aliphatic carbocycles. The van der Waals surface area contributed by atoms with Crippen molar-refractivity contribution in [2.45, 2.75) is 25.5 Å². The van der Waals surface area contributed by atoms with Gasteiger partial charge >= 0.3 is 0 Å². The summed E-state index contributed by atoms with van der Waals surface area (Å²) in [5.41, 5.74) is 2.08. The minimum absolute atomic E-state index is 0.0292. The molecule has 0 aromatic heterocycles. The number of hydrogen-bond acceptors (Lipinski definition) is 3. The lowest BCUT2D eigenvalue weighted by Gasteiger charge is -2.17. The molecule has 3 nitrogen and oxygen atoms in total. The largest absolute Gasteiger partial charge is 0.364 e. The lowest BCUT2D eigenvalue weighted by molar-refractivity contribution is -0.115. The Morgan fingerprint density at radius 3 is 2.42 bits per heavy atom. The van der Waals surface area contributed by atoms with Crippen molar-refractivity contribution in [3.63, 3.8) is 0 Å². The third-order valence-electron chi connectivity index (χ3n) is 2.64. The van der Waals surface area contributed by atoms with Crippen LogP contribution in [0.4, 0.5) is 5.69 Å². The van der Waals surface area contributed by atoms with Crippen LogP contribution in [0.5, 0.6) is 0 Å². The minimum Gasteiger partial charge on any atom is -0.364 e. The summed E-state index contributed by atoms with van der Waals surface area (Å²) in [4.78, 5) is 13.8. The van der Waals surface area contributed by atoms with Gasteiger partial charge in [0.1, 0.15) is 4.32 Å². The predicted molar refractivity (Wildman–Crippen MR) is 87.8 cm³/mol. The Morgan fingerprint density at radius 1 is 1.37 bits per heavy atom. The Bertz CT molecular complexity index is 443. The molecule has 1 rings (SSSR count). The van der Waals surface area contributed by atoms with Crippen molar-refractivity contribution in [3.05, 3.63) is 29.8 Å². The smallest absolute Gasteiger partial charge is 0.237 e. The standard InChI is InChI=1S/C14H20N2OS2/c1-5-11-6-8-12(9-7-11)15-13(17)10(2)19-14(18)16(3)4/h6-10H,5H2,1-4H3,(H,15,17)/t10-/m0/s1. The first-order valence-corrected chi connectivity index (χ1v) is 7.50. The van der Waals surface area contributed by atoms with Gasteiger partial charge in [0.05, 0.1) is 5.25 Å². The van der Waals surface area contributed by atoms with E-state index in [1.54, 1.807) is 0 Å². The lowest BCUT2D eigenvalue weighted by atomic mass is 10.1. The number of carbonyl (C=O) groups is 1. The Hall–Kier alpha value is -1.07. The molecule has 0 unspecified atom stereocenters. The van der Waals surface area contributed by atoms with Gasteiger partial charge in [-0.25, -0.2) is 0 Å². The lowest BCUT2D eigenvalue weighted by Crippen LogP contribution is -2.26. The highest BCUT2D eigenvalue weighted by Crippen LogP contribution is 2.17. The van der Waals surface area contributed by atoms with Gasteiger partial charge in [0.2, 0.25) is 5.91 Å². The number of nitrogens with zero attached hydrogens (tertiary/aromatic N) is 1. The maximum absolute atomic E-state index is 12.0. The average molecular weight is 296 g/mol. The molecule has 0 saturated heterocycles. The number of amides is 1. The Labute approximate surface area is 124 Å². The third-order valence-corrected chi connectivity index (χ3v) is 4.43. The number of anilines is 1. The number of aryl methyl sites for hydroxylation is 1. The fraction of sp³-hybridized carbons (Fsp3) is 0.429. The molecule has 104 valence electrons. The summed E-state index contributed by atoms with van der Waals surface area (Å²) >= 11 is 6.57. The van der Waals surface area contributed by atoms with Crippen LogP contribution in [0, 0.1) is 0 Å². The van der Waals surface area contributed by atoms with Gasteiger partial charge in [-0.15, -0.1) is 0 Å². The number of thioether (sulfide) groups is 1. The first-order valence-electron chi connectivity index (χ1n) is 6.21. The number of hydrogen-bond donors (Lipinski definition) is 1. The number of carbonyl (C=O) groups excluding carboxylic acids is 1. The molecular weight excluding hydrogens is 276 g/mol. The molecule has 1 atom stereocenters. The van der Waals surface area contributed by atoms with Crippen LogP contribution in [0.15, 0.2) is 24.3 Å². The zero-order chi connectivity index (χ0) is 14.4. The summed E-state index contributed by atoms with van der Waals surface area (Å²) in [6.45, 7) is 3.96. The van der Waals surface area contributed by atoms with Gasteiger partial charge in [-0.1, -0.05) is 43.0 Å². The van der Waals surface area contributed by atoms with Crippen LogP contribution in [-0.2, 0) is 11.2 Å². The molecule has 0 aliphatic heterocycles. The highest BCUT2D eigenvalue weighted by atomic mass is 32.2. The highest BCUT2D eigenvalue weighted by molar-refractivity contribution is 8.23. The van der Waals surface area contributed by atoms with Crippen molar-refractivity contribution in [2.75, 3.05) is 19.4 Å². The van der Waals surface area contributed by atoms with Crippen LogP contribution in [0.3, 0.4) is 0 Å². The van der Waals surface area contributed by atoms with E-state index in [9.17, 15) is 4.79 Å². The molecule has 0 heterocycles. The molecule has 1 aromatic rings. The fourth-order valence-electron chi connectivity index (χ4n) is 1.38. The fourth-order valence-corrected chi connectivity index (χ4v) is 2.49. The van der Waals surface area contributed by atoms with Crippen molar-refractivity contribution in [2.24, 2.45) is 0 Å². The van der Waals surface area contributed by atoms with Crippen LogP contribution < -0.4 is 5.32 Å². The monoisotopic (exact) mass is 296 g/mol. The summed E-state index contributed by atoms with van der Waals surface area (Å²) in [7, 11) is 3.76. The zero-order valence-electron chi connectivity index (χ0n) is 11.8. The molecule has 1 N–H and O–H groups in total. The van der Waals surface area contributed by atoms with Gasteiger partial charge in [-0.3, -0.25) is 4.79 Å². The summed E-state index contributed by atoms with van der Waals surface area (Å²) in [6.07, 6.45) is 0.998. The normalized spacial score (nSPS) is 11.8. The topological polar surface area (TPSA) is 32.3 Å². The Morgan fingerprint density at radius 2 is 1.95 bits per heavy atom. The first kappa shape index (κ1) is 16.0. The van der Waals surface area contributed by atoms with Crippen molar-refractivity contribution in [1.82, 2.24) is 4.90 Å². The number of benzene rings is 1. The number of nitrogens with one attached hydrogen (secondary N) is 1. The maximum atomic E-state index is 12.0. The molecule has 0 saturated carbocycles. The zero-order valence-corrected chi connectivity index (χ0v) is 13.4. The van der Waals surface area contributed by atoms with Crippen LogP contribution >= 0.6 is 24.0 Å². The van der Waals surface area contributed by atoms with Gasteiger partial charge in [0.15, 0.2) is 0 Å². The molecule has 0 spiro atoms. The van der Waals surface area contributed by atoms with E-state index in [1.165, 1.54) is 17.3 Å². The van der Waals surface area contributed by atoms with E-state index in [2.05, 4.69) is 12.2 Å². The maximum Gasteiger partial charge on any atom is 0.237 e. The molecule has 19 heavy (non-hydrogen) atoms. The molecule has 0 bridgehead atoms. The molecule has 0 fully saturated rings. The summed E-state index contributed by atoms with van der Waals surface area (Å²) in [6, 6.07) is 7.91. The first-order chi connectivity index (χ1) is 8.93. The second-order valence-corrected chi connectivity index (χ2v) is 6.43. The van der Waals surface area contributed by atoms with Crippen LogP contribution in [0.2, 0.25) is 0 Å². The molecule has 1 aromatic carbocycles. The van der Waals surface area contributed by atoms with Gasteiger partial charge < -0.3 is 10.2 Å². The van der Waals surface area contributed by atoms with Gasteiger partial charge in [0.25, 0.3) is 0 Å². The van der Waals surface area contributed by atoms with Gasteiger partial charge in [0, 0.05) is 19.8 Å². The SMILES string of the molecule is CCc1ccc(NC(=O)[C@H](C)SC(=S)N(C)C)cc1. The van der Waals surface area contributed by atoms with E-state index < -0.39 is 0 Å². The summed E-state index contributed by atoms with van der Waals surface area (Å²) < 4.78 is 0.712. The van der Waals surface area contributed by atoms with E-state index in [0.29, 0.717) is 4.32 Å². The molecule has 0 aliphatic rings. The van der Waals surface area contributed by atoms with E-state index in [0.717, 1.165) is 12.1 Å². The van der Waals surface area contributed by atoms with E-state index in [1.807, 2.05) is 50.2 Å². The van der Waals surface area contributed by atoms with Crippen LogP contribution in [0.1, 0.15) is 19.4 Å². The molecule has 0 radical (unpaired) electrons. The summed E-state index contributed by atoms with van der Waals surface area (Å²) in [5, 5.41) is 2.69. The van der Waals surface area contributed by atoms with Crippen molar-refractivity contribution < 1.29 is 4.79 Å². The van der Waals surface area contributed by atoms with E-state index in [4.69, 9.17) is 12.2 Å². The van der Waals surface area contributed by atoms with Crippen molar-refractivity contribution in [3.8, 4) is 0 Å². The van der Waals surface area contributed by atoms with Gasteiger partial charge in [-0.2, -0.15) is 0 Å². The average Bonchev–Trinajstić information content (AvgIpc) is 2.39.